The molecule has 0 fully saturated rings. The Morgan fingerprint density at radius 3 is 2.41 bits per heavy atom. The third kappa shape index (κ3) is 9.69. The Bertz CT molecular complexity index is 236. The van der Waals surface area contributed by atoms with Gasteiger partial charge in [0.1, 0.15) is 6.04 Å². The number of carboxylic acids is 2. The fourth-order valence-corrected chi connectivity index (χ4v) is 1.14. The van der Waals surface area contributed by atoms with Gasteiger partial charge in [-0.25, -0.2) is 4.89 Å². The first-order chi connectivity index (χ1) is 8.07. The summed E-state index contributed by atoms with van der Waals surface area (Å²) in [7, 11) is 0. The van der Waals surface area contributed by atoms with Crippen LogP contribution in [0.4, 0.5) is 0 Å². The Kier molecular flexibility index (Phi) is 9.25. The largest absolute Gasteiger partial charge is 0.481 e. The highest BCUT2D eigenvalue weighted by Crippen LogP contribution is 1.91. The normalized spacial score (nSPS) is 12.3. The lowest BCUT2D eigenvalue weighted by atomic mass is 10.2. The molecule has 100 valence electrons. The van der Waals surface area contributed by atoms with Crippen molar-refractivity contribution < 1.29 is 29.9 Å². The summed E-state index contributed by atoms with van der Waals surface area (Å²) in [5, 5.41) is 30.8. The van der Waals surface area contributed by atoms with Gasteiger partial charge in [0.25, 0.3) is 0 Å². The molecule has 8 heteroatoms. The summed E-state index contributed by atoms with van der Waals surface area (Å²) in [6, 6.07) is -1.07. The molecule has 0 rings (SSSR count). The fourth-order valence-electron chi connectivity index (χ4n) is 1.14. The van der Waals surface area contributed by atoms with Crippen molar-refractivity contribution in [2.24, 2.45) is 0 Å². The average molecular weight is 250 g/mol. The molecule has 0 saturated carbocycles. The van der Waals surface area contributed by atoms with Crippen LogP contribution >= 0.6 is 0 Å². The van der Waals surface area contributed by atoms with Crippen molar-refractivity contribution in [3.05, 3.63) is 0 Å². The average Bonchev–Trinajstić information content (AvgIpc) is 2.25. The van der Waals surface area contributed by atoms with Crippen LogP contribution in [0, 0.1) is 0 Å². The van der Waals surface area contributed by atoms with E-state index in [-0.39, 0.29) is 6.61 Å². The lowest BCUT2D eigenvalue weighted by Crippen LogP contribution is -2.41. The summed E-state index contributed by atoms with van der Waals surface area (Å²) in [6.07, 6.45) is 0.182. The molecule has 0 aliphatic carbocycles. The van der Waals surface area contributed by atoms with Crippen LogP contribution in [-0.2, 0) is 14.5 Å². The van der Waals surface area contributed by atoms with Gasteiger partial charge in [-0.3, -0.25) is 14.8 Å². The number of hydrogen-bond acceptors (Lipinski definition) is 6. The molecule has 17 heavy (non-hydrogen) atoms. The molecule has 0 saturated heterocycles. The highest BCUT2D eigenvalue weighted by Gasteiger charge is 2.19. The number of aliphatic carboxylic acids is 2. The molecule has 0 heterocycles. The van der Waals surface area contributed by atoms with Crippen LogP contribution in [0.5, 0.6) is 0 Å². The second kappa shape index (κ2) is 9.97. The molecule has 0 aliphatic heterocycles. The topological polar surface area (TPSA) is 128 Å². The predicted octanol–water partition coefficient (Wildman–Crippen LogP) is -1.03. The van der Waals surface area contributed by atoms with Gasteiger partial charge < -0.3 is 20.8 Å². The van der Waals surface area contributed by atoms with E-state index >= 15 is 0 Å². The number of carbonyl (C=O) groups is 2. The lowest BCUT2D eigenvalue weighted by molar-refractivity contribution is -0.242. The van der Waals surface area contributed by atoms with Gasteiger partial charge in [-0.1, -0.05) is 0 Å². The van der Waals surface area contributed by atoms with Gasteiger partial charge in [0.05, 0.1) is 13.0 Å². The minimum absolute atomic E-state index is 0.233. The van der Waals surface area contributed by atoms with E-state index < -0.39 is 24.4 Å². The minimum Gasteiger partial charge on any atom is -0.481 e. The molecule has 0 aromatic carbocycles. The van der Waals surface area contributed by atoms with Gasteiger partial charge in [0.2, 0.25) is 0 Å². The molecule has 0 spiro atoms. The van der Waals surface area contributed by atoms with Gasteiger partial charge in [-0.15, -0.1) is 0 Å². The Balaban J connectivity index is 3.55. The second-order valence-electron chi connectivity index (χ2n) is 3.38. The fraction of sp³-hybridized carbons (Fsp3) is 0.778. The summed E-state index contributed by atoms with van der Waals surface area (Å²) in [6.45, 7) is 1.72. The van der Waals surface area contributed by atoms with Crippen molar-refractivity contribution in [1.82, 2.24) is 10.6 Å². The Labute approximate surface area is 98.5 Å². The van der Waals surface area contributed by atoms with E-state index in [1.807, 2.05) is 0 Å². The van der Waals surface area contributed by atoms with E-state index in [1.165, 1.54) is 0 Å². The first-order valence-electron chi connectivity index (χ1n) is 5.23. The Hall–Kier alpha value is -1.22. The van der Waals surface area contributed by atoms with Crippen LogP contribution in [0.2, 0.25) is 0 Å². The lowest BCUT2D eigenvalue weighted by Gasteiger charge is -2.12. The molecular formula is C9H18N2O6. The zero-order valence-corrected chi connectivity index (χ0v) is 9.39. The van der Waals surface area contributed by atoms with Crippen LogP contribution in [0.1, 0.15) is 12.8 Å². The van der Waals surface area contributed by atoms with E-state index in [0.29, 0.717) is 26.1 Å². The summed E-state index contributed by atoms with van der Waals surface area (Å²) < 4.78 is 0. The number of rotatable bonds is 11. The van der Waals surface area contributed by atoms with Gasteiger partial charge in [0, 0.05) is 13.1 Å². The summed E-state index contributed by atoms with van der Waals surface area (Å²) in [4.78, 5) is 24.9. The SMILES string of the molecule is O=C(O)CC(NCCNCCCOO)C(=O)O. The molecule has 1 unspecified atom stereocenters. The molecule has 8 nitrogen and oxygen atoms in total. The summed E-state index contributed by atoms with van der Waals surface area (Å²) >= 11 is 0. The smallest absolute Gasteiger partial charge is 0.321 e. The van der Waals surface area contributed by atoms with Gasteiger partial charge in [0.15, 0.2) is 0 Å². The highest BCUT2D eigenvalue weighted by atomic mass is 17.1. The van der Waals surface area contributed by atoms with Crippen LogP contribution in [0.25, 0.3) is 0 Å². The van der Waals surface area contributed by atoms with Gasteiger partial charge in [-0.2, -0.15) is 0 Å². The van der Waals surface area contributed by atoms with Gasteiger partial charge >= 0.3 is 11.9 Å². The van der Waals surface area contributed by atoms with Crippen LogP contribution in [0.15, 0.2) is 0 Å². The standard InChI is InChI=1S/C9H18N2O6/c12-8(13)6-7(9(14)15)11-4-3-10-2-1-5-17-16/h7,10-11,16H,1-6H2,(H,12,13)(H,14,15). The third-order valence-electron chi connectivity index (χ3n) is 1.96. The van der Waals surface area contributed by atoms with Crippen molar-refractivity contribution in [1.29, 1.82) is 0 Å². The first-order valence-corrected chi connectivity index (χ1v) is 5.23. The molecule has 0 aromatic rings. The van der Waals surface area contributed by atoms with Gasteiger partial charge in [-0.05, 0) is 13.0 Å². The monoisotopic (exact) mass is 250 g/mol. The second-order valence-corrected chi connectivity index (χ2v) is 3.38. The van der Waals surface area contributed by atoms with E-state index in [4.69, 9.17) is 15.5 Å². The van der Waals surface area contributed by atoms with E-state index in [0.717, 1.165) is 0 Å². The Morgan fingerprint density at radius 2 is 1.88 bits per heavy atom. The molecule has 0 aromatic heterocycles. The molecule has 0 bridgehead atoms. The molecule has 5 N–H and O–H groups in total. The summed E-state index contributed by atoms with van der Waals surface area (Å²) in [5.74, 6) is -2.33. The van der Waals surface area contributed by atoms with Crippen LogP contribution < -0.4 is 10.6 Å². The third-order valence-corrected chi connectivity index (χ3v) is 1.96. The van der Waals surface area contributed by atoms with E-state index in [2.05, 4.69) is 15.5 Å². The maximum atomic E-state index is 10.6. The number of nitrogens with one attached hydrogen (secondary N) is 2. The van der Waals surface area contributed by atoms with Crippen molar-refractivity contribution in [3.8, 4) is 0 Å². The van der Waals surface area contributed by atoms with Crippen LogP contribution in [-0.4, -0.2) is 59.7 Å². The number of hydrogen-bond donors (Lipinski definition) is 5. The molecule has 1 atom stereocenters. The number of carboxylic acid groups (broad SMARTS) is 2. The van der Waals surface area contributed by atoms with Crippen LogP contribution in [0.3, 0.4) is 0 Å². The predicted molar refractivity (Wildman–Crippen MR) is 57.7 cm³/mol. The molecule has 0 amide bonds. The maximum absolute atomic E-state index is 10.6. The zero-order chi connectivity index (χ0) is 13.1. The molecule has 0 radical (unpaired) electrons. The van der Waals surface area contributed by atoms with Crippen molar-refractivity contribution in [2.75, 3.05) is 26.2 Å². The zero-order valence-electron chi connectivity index (χ0n) is 9.39. The van der Waals surface area contributed by atoms with Crippen molar-refractivity contribution in [3.63, 3.8) is 0 Å². The van der Waals surface area contributed by atoms with E-state index in [1.54, 1.807) is 0 Å². The maximum Gasteiger partial charge on any atom is 0.321 e. The molecule has 0 aliphatic rings. The summed E-state index contributed by atoms with van der Waals surface area (Å²) in [5.41, 5.74) is 0. The highest BCUT2D eigenvalue weighted by molar-refractivity contribution is 5.80. The minimum atomic E-state index is -1.18. The quantitative estimate of drug-likeness (QED) is 0.179. The van der Waals surface area contributed by atoms with E-state index in [9.17, 15) is 9.59 Å². The first kappa shape index (κ1) is 15.8. The van der Waals surface area contributed by atoms with Crippen molar-refractivity contribution >= 4 is 11.9 Å². The Morgan fingerprint density at radius 1 is 1.18 bits per heavy atom. The van der Waals surface area contributed by atoms with Crippen molar-refractivity contribution in [2.45, 2.75) is 18.9 Å². The molecular weight excluding hydrogens is 232 g/mol.